The highest BCUT2D eigenvalue weighted by Gasteiger charge is 1.94. The molecule has 130 valence electrons. The molecule has 0 spiro atoms. The van der Waals surface area contributed by atoms with Gasteiger partial charge in [-0.05, 0) is 12.2 Å². The fourth-order valence-corrected chi connectivity index (χ4v) is 3.06. The maximum Gasteiger partial charge on any atom is -0.00979 e. The second-order valence-electron chi connectivity index (χ2n) is 6.38. The van der Waals surface area contributed by atoms with Crippen LogP contribution in [0.5, 0.6) is 0 Å². The van der Waals surface area contributed by atoms with Crippen LogP contribution in [0.2, 0.25) is 0 Å². The minimum absolute atomic E-state index is 0. The van der Waals surface area contributed by atoms with E-state index in [1.165, 1.54) is 109 Å². The number of thiol groups is 1. The van der Waals surface area contributed by atoms with Crippen molar-refractivity contribution in [2.24, 2.45) is 0 Å². The summed E-state index contributed by atoms with van der Waals surface area (Å²) >= 11 is 4.25. The van der Waals surface area contributed by atoms with E-state index in [0.717, 1.165) is 5.75 Å². The van der Waals surface area contributed by atoms with E-state index in [1.54, 1.807) is 0 Å². The molecule has 0 aromatic heterocycles. The Bertz CT molecular complexity index is 144. The molecule has 0 heterocycles. The second kappa shape index (κ2) is 22.6. The molecule has 0 rings (SSSR count). The van der Waals surface area contributed by atoms with Crippen LogP contribution in [-0.4, -0.2) is 5.75 Å². The molecule has 21 heavy (non-hydrogen) atoms. The van der Waals surface area contributed by atoms with E-state index in [2.05, 4.69) is 19.6 Å². The molecule has 0 aromatic carbocycles. The fraction of sp³-hybridized carbons (Fsp3) is 1.00. The quantitative estimate of drug-likeness (QED) is 0.209. The van der Waals surface area contributed by atoms with Crippen LogP contribution in [0, 0.1) is 0 Å². The van der Waals surface area contributed by atoms with Gasteiger partial charge in [0, 0.05) is 0 Å². The van der Waals surface area contributed by atoms with Gasteiger partial charge in [-0.2, -0.15) is 12.6 Å². The summed E-state index contributed by atoms with van der Waals surface area (Å²) in [4.78, 5) is 0. The summed E-state index contributed by atoms with van der Waals surface area (Å²) < 4.78 is 0. The molecule has 1 nitrogen and oxygen atoms in total. The molecular weight excluding hydrogens is 274 g/mol. The van der Waals surface area contributed by atoms with Crippen LogP contribution in [0.1, 0.15) is 116 Å². The van der Waals surface area contributed by atoms with Crippen molar-refractivity contribution in [1.82, 2.24) is 6.15 Å². The summed E-state index contributed by atoms with van der Waals surface area (Å²) in [5, 5.41) is 0. The Labute approximate surface area is 141 Å². The Morgan fingerprint density at radius 3 is 0.905 bits per heavy atom. The van der Waals surface area contributed by atoms with Crippen molar-refractivity contribution in [2.75, 3.05) is 5.75 Å². The molecule has 0 fully saturated rings. The van der Waals surface area contributed by atoms with Gasteiger partial charge < -0.3 is 6.15 Å². The molecule has 0 amide bonds. The van der Waals surface area contributed by atoms with E-state index in [4.69, 9.17) is 0 Å². The van der Waals surface area contributed by atoms with Gasteiger partial charge in [0.25, 0.3) is 0 Å². The zero-order valence-electron chi connectivity index (χ0n) is 14.9. The molecular formula is C19H43NS. The molecule has 0 aromatic rings. The molecule has 0 radical (unpaired) electrons. The van der Waals surface area contributed by atoms with Gasteiger partial charge in [-0.1, -0.05) is 110 Å². The van der Waals surface area contributed by atoms with E-state index in [0.29, 0.717) is 0 Å². The lowest BCUT2D eigenvalue weighted by Gasteiger charge is -2.03. The van der Waals surface area contributed by atoms with Crippen molar-refractivity contribution in [2.45, 2.75) is 116 Å². The van der Waals surface area contributed by atoms with E-state index in [-0.39, 0.29) is 6.15 Å². The topological polar surface area (TPSA) is 35.0 Å². The Hall–Kier alpha value is 0.310. The van der Waals surface area contributed by atoms with Gasteiger partial charge >= 0.3 is 0 Å². The summed E-state index contributed by atoms with van der Waals surface area (Å²) in [6.07, 6.45) is 24.6. The van der Waals surface area contributed by atoms with Crippen molar-refractivity contribution in [3.05, 3.63) is 0 Å². The van der Waals surface area contributed by atoms with Gasteiger partial charge in [0.1, 0.15) is 0 Å². The van der Waals surface area contributed by atoms with E-state index < -0.39 is 0 Å². The first-order valence-electron chi connectivity index (χ1n) is 9.52. The van der Waals surface area contributed by atoms with Crippen LogP contribution >= 0.6 is 12.6 Å². The van der Waals surface area contributed by atoms with Gasteiger partial charge in [0.05, 0.1) is 0 Å². The standard InChI is InChI=1S/C19H40S.H3N/c1-2-3-4-5-6-7-8-9-10-11-12-13-14-15-16-17-18-19-20;/h20H,2-19H2,1H3;1H3. The minimum Gasteiger partial charge on any atom is -0.344 e. The zero-order valence-corrected chi connectivity index (χ0v) is 15.8. The Morgan fingerprint density at radius 1 is 0.429 bits per heavy atom. The average molecular weight is 318 g/mol. The van der Waals surface area contributed by atoms with Gasteiger partial charge in [-0.25, -0.2) is 0 Å². The highest BCUT2D eigenvalue weighted by Crippen LogP contribution is 2.13. The average Bonchev–Trinajstić information content (AvgIpc) is 2.47. The van der Waals surface area contributed by atoms with Crippen molar-refractivity contribution in [3.63, 3.8) is 0 Å². The van der Waals surface area contributed by atoms with Crippen LogP contribution in [-0.2, 0) is 0 Å². The highest BCUT2D eigenvalue weighted by molar-refractivity contribution is 7.80. The van der Waals surface area contributed by atoms with Crippen LogP contribution in [0.4, 0.5) is 0 Å². The lowest BCUT2D eigenvalue weighted by atomic mass is 10.0. The largest absolute Gasteiger partial charge is 0.344 e. The SMILES string of the molecule is CCCCCCCCCCCCCCCCCCCS.N. The molecule has 0 aliphatic rings. The number of rotatable bonds is 17. The first-order chi connectivity index (χ1) is 9.91. The van der Waals surface area contributed by atoms with Gasteiger partial charge in [-0.15, -0.1) is 0 Å². The van der Waals surface area contributed by atoms with Crippen molar-refractivity contribution in [1.29, 1.82) is 0 Å². The predicted octanol–water partition coefficient (Wildman–Crippen LogP) is 7.73. The second-order valence-corrected chi connectivity index (χ2v) is 6.83. The Balaban J connectivity index is 0. The van der Waals surface area contributed by atoms with E-state index in [1.807, 2.05) is 0 Å². The van der Waals surface area contributed by atoms with Crippen LogP contribution in [0.15, 0.2) is 0 Å². The van der Waals surface area contributed by atoms with Crippen molar-refractivity contribution < 1.29 is 0 Å². The normalized spacial score (nSPS) is 10.6. The molecule has 0 atom stereocenters. The molecule has 0 saturated carbocycles. The molecule has 0 aliphatic heterocycles. The zero-order chi connectivity index (χ0) is 14.7. The van der Waals surface area contributed by atoms with E-state index >= 15 is 0 Å². The third-order valence-electron chi connectivity index (χ3n) is 4.26. The first kappa shape index (κ1) is 23.6. The van der Waals surface area contributed by atoms with Crippen LogP contribution in [0.25, 0.3) is 0 Å². The lowest BCUT2D eigenvalue weighted by Crippen LogP contribution is -1.84. The van der Waals surface area contributed by atoms with Gasteiger partial charge in [0.2, 0.25) is 0 Å². The van der Waals surface area contributed by atoms with Crippen LogP contribution < -0.4 is 6.15 Å². The first-order valence-corrected chi connectivity index (χ1v) is 10.2. The third-order valence-corrected chi connectivity index (χ3v) is 4.58. The van der Waals surface area contributed by atoms with Gasteiger partial charge in [-0.3, -0.25) is 0 Å². The fourth-order valence-electron chi connectivity index (χ4n) is 2.84. The lowest BCUT2D eigenvalue weighted by molar-refractivity contribution is 0.529. The highest BCUT2D eigenvalue weighted by atomic mass is 32.1. The van der Waals surface area contributed by atoms with Gasteiger partial charge in [0.15, 0.2) is 0 Å². The molecule has 2 heteroatoms. The molecule has 0 aliphatic carbocycles. The number of hydrogen-bond acceptors (Lipinski definition) is 2. The molecule has 0 bridgehead atoms. The maximum absolute atomic E-state index is 4.25. The van der Waals surface area contributed by atoms with E-state index in [9.17, 15) is 0 Å². The predicted molar refractivity (Wildman–Crippen MR) is 103 cm³/mol. The summed E-state index contributed by atoms with van der Waals surface area (Å²) in [6.45, 7) is 2.29. The van der Waals surface area contributed by atoms with Crippen molar-refractivity contribution in [3.8, 4) is 0 Å². The summed E-state index contributed by atoms with van der Waals surface area (Å²) in [7, 11) is 0. The third kappa shape index (κ3) is 22.7. The molecule has 3 N–H and O–H groups in total. The number of hydrogen-bond donors (Lipinski definition) is 2. The Kier molecular flexibility index (Phi) is 25.4. The molecule has 0 unspecified atom stereocenters. The summed E-state index contributed by atoms with van der Waals surface area (Å²) in [5.74, 6) is 1.07. The minimum atomic E-state index is 0. The monoisotopic (exact) mass is 317 g/mol. The summed E-state index contributed by atoms with van der Waals surface area (Å²) in [6, 6.07) is 0. The van der Waals surface area contributed by atoms with Crippen LogP contribution in [0.3, 0.4) is 0 Å². The summed E-state index contributed by atoms with van der Waals surface area (Å²) in [5.41, 5.74) is 0. The number of unbranched alkanes of at least 4 members (excludes halogenated alkanes) is 16. The van der Waals surface area contributed by atoms with Crippen molar-refractivity contribution >= 4 is 12.6 Å². The smallest absolute Gasteiger partial charge is 0.00979 e. The maximum atomic E-state index is 4.25. The molecule has 0 saturated heterocycles. The Morgan fingerprint density at radius 2 is 0.667 bits per heavy atom.